The van der Waals surface area contributed by atoms with E-state index in [0.29, 0.717) is 37.9 Å². The fourth-order valence-electron chi connectivity index (χ4n) is 5.66. The smallest absolute Gasteiger partial charge is 0.305 e. The zero-order valence-corrected chi connectivity index (χ0v) is 29.0. The second-order valence-corrected chi connectivity index (χ2v) is 13.4. The summed E-state index contributed by atoms with van der Waals surface area (Å²) < 4.78 is 11.0. The van der Waals surface area contributed by atoms with Crippen molar-refractivity contribution < 1.29 is 19.1 Å². The van der Waals surface area contributed by atoms with Crippen LogP contribution in [0, 0.1) is 11.8 Å². The SMILES string of the molecule is CCCCCCCCCCCCCC(=O)OCCCC(C)CCC(C)COC(=O)CCCCCCCCCCCCC. The topological polar surface area (TPSA) is 52.6 Å². The van der Waals surface area contributed by atoms with E-state index in [-0.39, 0.29) is 11.9 Å². The Morgan fingerprint density at radius 1 is 0.429 bits per heavy atom. The van der Waals surface area contributed by atoms with E-state index in [1.807, 2.05) is 0 Å². The number of unbranched alkanes of at least 4 members (excludes halogenated alkanes) is 20. The van der Waals surface area contributed by atoms with Gasteiger partial charge in [-0.25, -0.2) is 0 Å². The van der Waals surface area contributed by atoms with Crippen molar-refractivity contribution in [1.82, 2.24) is 0 Å². The first-order valence-corrected chi connectivity index (χ1v) is 18.8. The molecule has 0 bridgehead atoms. The molecule has 0 aliphatic rings. The van der Waals surface area contributed by atoms with Crippen molar-refractivity contribution in [2.45, 2.75) is 207 Å². The molecule has 0 saturated carbocycles. The molecule has 0 fully saturated rings. The molecule has 0 aliphatic heterocycles. The molecule has 0 rings (SSSR count). The highest BCUT2D eigenvalue weighted by Gasteiger charge is 2.11. The van der Waals surface area contributed by atoms with Gasteiger partial charge in [0.25, 0.3) is 0 Å². The molecule has 250 valence electrons. The van der Waals surface area contributed by atoms with Crippen molar-refractivity contribution >= 4 is 11.9 Å². The molecule has 42 heavy (non-hydrogen) atoms. The molecule has 0 amide bonds. The quantitative estimate of drug-likeness (QED) is 0.0560. The zero-order valence-electron chi connectivity index (χ0n) is 29.0. The summed E-state index contributed by atoms with van der Waals surface area (Å²) in [6, 6.07) is 0. The number of hydrogen-bond donors (Lipinski definition) is 0. The third-order valence-electron chi connectivity index (χ3n) is 8.75. The van der Waals surface area contributed by atoms with Gasteiger partial charge >= 0.3 is 11.9 Å². The lowest BCUT2D eigenvalue weighted by Crippen LogP contribution is -2.13. The molecular formula is C38H74O4. The van der Waals surface area contributed by atoms with Crippen molar-refractivity contribution in [3.8, 4) is 0 Å². The Morgan fingerprint density at radius 2 is 0.786 bits per heavy atom. The molecule has 0 spiro atoms. The second-order valence-electron chi connectivity index (χ2n) is 13.4. The minimum atomic E-state index is -0.0270. The molecule has 0 heterocycles. The maximum absolute atomic E-state index is 12.1. The number of carbonyl (C=O) groups excluding carboxylic acids is 2. The van der Waals surface area contributed by atoms with Gasteiger partial charge in [0, 0.05) is 12.8 Å². The maximum Gasteiger partial charge on any atom is 0.305 e. The van der Waals surface area contributed by atoms with Crippen molar-refractivity contribution in [3.63, 3.8) is 0 Å². The Bertz CT molecular complexity index is 575. The average molecular weight is 595 g/mol. The highest BCUT2D eigenvalue weighted by molar-refractivity contribution is 5.69. The van der Waals surface area contributed by atoms with E-state index in [9.17, 15) is 9.59 Å². The summed E-state index contributed by atoms with van der Waals surface area (Å²) in [5, 5.41) is 0. The lowest BCUT2D eigenvalue weighted by Gasteiger charge is -2.16. The van der Waals surface area contributed by atoms with Crippen LogP contribution in [-0.4, -0.2) is 25.2 Å². The van der Waals surface area contributed by atoms with Crippen LogP contribution < -0.4 is 0 Å². The van der Waals surface area contributed by atoms with Crippen molar-refractivity contribution in [2.75, 3.05) is 13.2 Å². The monoisotopic (exact) mass is 595 g/mol. The summed E-state index contributed by atoms with van der Waals surface area (Å²) in [7, 11) is 0. The first kappa shape index (κ1) is 40.9. The summed E-state index contributed by atoms with van der Waals surface area (Å²) in [5.74, 6) is 0.949. The van der Waals surface area contributed by atoms with Crippen molar-refractivity contribution in [2.24, 2.45) is 11.8 Å². The molecular weight excluding hydrogens is 520 g/mol. The summed E-state index contributed by atoms with van der Waals surface area (Å²) >= 11 is 0. The maximum atomic E-state index is 12.1. The summed E-state index contributed by atoms with van der Waals surface area (Å²) in [6.07, 6.45) is 33.9. The summed E-state index contributed by atoms with van der Waals surface area (Å²) in [5.41, 5.74) is 0. The van der Waals surface area contributed by atoms with E-state index < -0.39 is 0 Å². The minimum Gasteiger partial charge on any atom is -0.466 e. The highest BCUT2D eigenvalue weighted by Crippen LogP contribution is 2.18. The van der Waals surface area contributed by atoms with Crippen LogP contribution in [0.2, 0.25) is 0 Å². The van der Waals surface area contributed by atoms with Gasteiger partial charge in [-0.05, 0) is 43.9 Å². The van der Waals surface area contributed by atoms with Gasteiger partial charge in [-0.15, -0.1) is 0 Å². The Labute approximate surface area is 263 Å². The number of carbonyl (C=O) groups is 2. The van der Waals surface area contributed by atoms with Gasteiger partial charge in [-0.1, -0.05) is 163 Å². The number of esters is 2. The van der Waals surface area contributed by atoms with Crippen LogP contribution in [0.15, 0.2) is 0 Å². The molecule has 0 aromatic carbocycles. The summed E-state index contributed by atoms with van der Waals surface area (Å²) in [4.78, 5) is 24.1. The molecule has 0 aromatic heterocycles. The number of ether oxygens (including phenoxy) is 2. The van der Waals surface area contributed by atoms with E-state index in [4.69, 9.17) is 9.47 Å². The Balaban J connectivity index is 3.49. The van der Waals surface area contributed by atoms with E-state index in [0.717, 1.165) is 51.4 Å². The minimum absolute atomic E-state index is 0.0258. The Morgan fingerprint density at radius 3 is 1.21 bits per heavy atom. The lowest BCUT2D eigenvalue weighted by atomic mass is 9.95. The second kappa shape index (κ2) is 32.8. The average Bonchev–Trinajstić information content (AvgIpc) is 2.98. The van der Waals surface area contributed by atoms with Crippen LogP contribution in [0.5, 0.6) is 0 Å². The van der Waals surface area contributed by atoms with Gasteiger partial charge in [-0.2, -0.15) is 0 Å². The molecule has 2 atom stereocenters. The fourth-order valence-corrected chi connectivity index (χ4v) is 5.66. The normalized spacial score (nSPS) is 12.8. The van der Waals surface area contributed by atoms with E-state index in [1.54, 1.807) is 0 Å². The predicted octanol–water partition coefficient (Wildman–Crippen LogP) is 12.3. The molecule has 0 aromatic rings. The first-order valence-electron chi connectivity index (χ1n) is 18.8. The van der Waals surface area contributed by atoms with Gasteiger partial charge in [-0.3, -0.25) is 9.59 Å². The van der Waals surface area contributed by atoms with Crippen molar-refractivity contribution in [1.29, 1.82) is 0 Å². The Hall–Kier alpha value is -1.06. The predicted molar refractivity (Wildman–Crippen MR) is 181 cm³/mol. The molecule has 4 heteroatoms. The van der Waals surface area contributed by atoms with Crippen molar-refractivity contribution in [3.05, 3.63) is 0 Å². The van der Waals surface area contributed by atoms with Gasteiger partial charge in [0.15, 0.2) is 0 Å². The molecule has 0 saturated heterocycles. The third kappa shape index (κ3) is 31.9. The molecule has 0 radical (unpaired) electrons. The molecule has 0 N–H and O–H groups in total. The van der Waals surface area contributed by atoms with Crippen LogP contribution >= 0.6 is 0 Å². The zero-order chi connectivity index (χ0) is 30.9. The van der Waals surface area contributed by atoms with Gasteiger partial charge in [0.1, 0.15) is 0 Å². The van der Waals surface area contributed by atoms with Gasteiger partial charge in [0.05, 0.1) is 13.2 Å². The molecule has 0 aliphatic carbocycles. The first-order chi connectivity index (χ1) is 20.5. The largest absolute Gasteiger partial charge is 0.466 e. The fraction of sp³-hybridized carbons (Fsp3) is 0.947. The van der Waals surface area contributed by atoms with E-state index >= 15 is 0 Å². The van der Waals surface area contributed by atoms with Gasteiger partial charge < -0.3 is 9.47 Å². The number of rotatable bonds is 33. The van der Waals surface area contributed by atoms with Gasteiger partial charge in [0.2, 0.25) is 0 Å². The molecule has 2 unspecified atom stereocenters. The Kier molecular flexibility index (Phi) is 32.0. The van der Waals surface area contributed by atoms with E-state index in [2.05, 4.69) is 27.7 Å². The van der Waals surface area contributed by atoms with Crippen LogP contribution in [0.4, 0.5) is 0 Å². The highest BCUT2D eigenvalue weighted by atomic mass is 16.5. The van der Waals surface area contributed by atoms with Crippen LogP contribution in [0.3, 0.4) is 0 Å². The third-order valence-corrected chi connectivity index (χ3v) is 8.75. The molecule has 4 nitrogen and oxygen atoms in total. The summed E-state index contributed by atoms with van der Waals surface area (Å²) in [6.45, 7) is 10.1. The van der Waals surface area contributed by atoms with Crippen LogP contribution in [-0.2, 0) is 19.1 Å². The van der Waals surface area contributed by atoms with E-state index in [1.165, 1.54) is 116 Å². The number of hydrogen-bond acceptors (Lipinski definition) is 4. The van der Waals surface area contributed by atoms with Crippen LogP contribution in [0.1, 0.15) is 207 Å². The standard InChI is InChI=1S/C38H74O4/c1-5-7-9-11-13-15-17-19-21-23-25-29-37(39)41-33-27-28-35(3)31-32-36(4)34-42-38(40)30-26-24-22-20-18-16-14-12-10-8-6-2/h35-36H,5-34H2,1-4H3. The van der Waals surface area contributed by atoms with Crippen LogP contribution in [0.25, 0.3) is 0 Å². The lowest BCUT2D eigenvalue weighted by molar-refractivity contribution is -0.145.